The first-order valence-corrected chi connectivity index (χ1v) is 21.9. The maximum absolute atomic E-state index is 14.3. The van der Waals surface area contributed by atoms with E-state index in [0.717, 1.165) is 32.7 Å². The van der Waals surface area contributed by atoms with Crippen molar-refractivity contribution in [2.75, 3.05) is 23.6 Å². The number of esters is 1. The van der Waals surface area contributed by atoms with Crippen LogP contribution in [0.4, 0.5) is 5.13 Å². The molecule has 2 aliphatic heterocycles. The Balaban J connectivity index is 1.11. The van der Waals surface area contributed by atoms with Crippen molar-refractivity contribution in [3.63, 3.8) is 0 Å². The number of alkyl halides is 1. The van der Waals surface area contributed by atoms with Gasteiger partial charge < -0.3 is 25.3 Å². The lowest BCUT2D eigenvalue weighted by Crippen LogP contribution is -2.71. The highest BCUT2D eigenvalue weighted by Crippen LogP contribution is 2.42. The normalized spacial score (nSPS) is 16.3. The van der Waals surface area contributed by atoms with Crippen LogP contribution in [0.1, 0.15) is 39.6 Å². The molecule has 5 aromatic carbocycles. The molecule has 2 atom stereocenters. The van der Waals surface area contributed by atoms with E-state index in [0.29, 0.717) is 10.7 Å². The fourth-order valence-electron chi connectivity index (χ4n) is 7.48. The maximum Gasteiger partial charge on any atom is 0.352 e. The number of carboxylic acid groups (broad SMARTS) is 1. The topological polar surface area (TPSA) is 160 Å². The Morgan fingerprint density at radius 3 is 1.84 bits per heavy atom. The fraction of sp³-hybridized carbons (Fsp3) is 0.149. The van der Waals surface area contributed by atoms with Gasteiger partial charge in [0.1, 0.15) is 28.3 Å². The highest BCUT2D eigenvalue weighted by Gasteiger charge is 2.54. The third kappa shape index (κ3) is 8.57. The van der Waals surface area contributed by atoms with Crippen LogP contribution in [0.15, 0.2) is 173 Å². The second-order valence-corrected chi connectivity index (χ2v) is 16.4. The summed E-state index contributed by atoms with van der Waals surface area (Å²) >= 11 is 8.53. The van der Waals surface area contributed by atoms with Gasteiger partial charge in [-0.15, -0.1) is 34.7 Å². The summed E-state index contributed by atoms with van der Waals surface area (Å²) in [4.78, 5) is 64.8. The molecule has 2 aliphatic rings. The lowest BCUT2D eigenvalue weighted by atomic mass is 9.77. The summed E-state index contributed by atoms with van der Waals surface area (Å²) in [5, 5.41) is 21.8. The van der Waals surface area contributed by atoms with Crippen molar-refractivity contribution in [1.29, 1.82) is 0 Å². The van der Waals surface area contributed by atoms with Crippen LogP contribution >= 0.6 is 34.7 Å². The van der Waals surface area contributed by atoms with Gasteiger partial charge in [-0.1, -0.05) is 157 Å². The summed E-state index contributed by atoms with van der Waals surface area (Å²) in [7, 11) is 0. The number of nitrogens with one attached hydrogen (secondary N) is 2. The second kappa shape index (κ2) is 18.9. The van der Waals surface area contributed by atoms with Crippen LogP contribution in [0.2, 0.25) is 0 Å². The predicted octanol–water partition coefficient (Wildman–Crippen LogP) is 7.58. The summed E-state index contributed by atoms with van der Waals surface area (Å²) in [6.45, 7) is -0.663. The number of aliphatic carboxylic acids is 1. The molecule has 8 rings (SSSR count). The Hall–Kier alpha value is -6.74. The second-order valence-electron chi connectivity index (χ2n) is 14.2. The first-order valence-electron chi connectivity index (χ1n) is 19.4. The molecule has 312 valence electrons. The smallest absolute Gasteiger partial charge is 0.352 e. The molecule has 0 aliphatic carbocycles. The van der Waals surface area contributed by atoms with Crippen LogP contribution in [0.25, 0.3) is 0 Å². The number of carboxylic acids is 1. The largest absolute Gasteiger partial charge is 0.477 e. The van der Waals surface area contributed by atoms with Gasteiger partial charge in [-0.25, -0.2) is 14.6 Å². The Morgan fingerprint density at radius 1 is 0.823 bits per heavy atom. The minimum absolute atomic E-state index is 0.0590. The molecular weight excluding hydrogens is 846 g/mol. The van der Waals surface area contributed by atoms with Gasteiger partial charge in [0.2, 0.25) is 6.61 Å². The van der Waals surface area contributed by atoms with E-state index in [1.807, 2.05) is 152 Å². The molecule has 1 aromatic heterocycles. The maximum atomic E-state index is 14.3. The number of oxime groups is 1. The number of hydrogen-bond acceptors (Lipinski definition) is 11. The standard InChI is InChI=1S/C47H38ClN5O7S2/c48-26-32-28-61-44-39(43(56)53(44)40(32)45(57)58)50-42(55)38(52-59-27-37(54)60-41(30-16-6-1-7-17-30)31-18-8-2-9-19-31)36-29-62-46(49-36)51-47(33-20-10-3-11-21-33,34-22-12-4-13-23-34)35-24-14-5-15-25-35/h1-25,29,39,41,44H,26-28H2,(H,49,51)(H,50,55)(H,57,58)/t39?,44-/m0/s1. The number of thioether (sulfide) groups is 1. The van der Waals surface area contributed by atoms with Gasteiger partial charge in [-0.3, -0.25) is 14.5 Å². The Morgan fingerprint density at radius 2 is 1.34 bits per heavy atom. The molecule has 62 heavy (non-hydrogen) atoms. The van der Waals surface area contributed by atoms with Crippen molar-refractivity contribution in [3.8, 4) is 0 Å². The molecule has 3 N–H and O–H groups in total. The molecule has 2 amide bonds. The number of β-lactam (4-membered cyclic amide) rings is 1. The molecule has 6 aromatic rings. The molecule has 0 radical (unpaired) electrons. The van der Waals surface area contributed by atoms with Crippen LogP contribution in [0.5, 0.6) is 0 Å². The average molecular weight is 884 g/mol. The van der Waals surface area contributed by atoms with Gasteiger partial charge in [-0.2, -0.15) is 0 Å². The third-order valence-electron chi connectivity index (χ3n) is 10.4. The molecule has 0 spiro atoms. The predicted molar refractivity (Wildman–Crippen MR) is 239 cm³/mol. The zero-order valence-electron chi connectivity index (χ0n) is 32.8. The lowest BCUT2D eigenvalue weighted by molar-refractivity contribution is -0.153. The molecular formula is C47H38ClN5O7S2. The van der Waals surface area contributed by atoms with E-state index in [9.17, 15) is 24.3 Å². The number of benzene rings is 5. The highest BCUT2D eigenvalue weighted by atomic mass is 35.5. The van der Waals surface area contributed by atoms with Crippen LogP contribution in [-0.4, -0.2) is 74.1 Å². The van der Waals surface area contributed by atoms with Crippen LogP contribution in [-0.2, 0) is 34.3 Å². The van der Waals surface area contributed by atoms with E-state index in [1.54, 1.807) is 5.38 Å². The van der Waals surface area contributed by atoms with E-state index in [4.69, 9.17) is 26.2 Å². The number of ether oxygens (including phenoxy) is 1. The summed E-state index contributed by atoms with van der Waals surface area (Å²) in [5.41, 5.74) is 3.32. The number of fused-ring (bicyclic) bond motifs is 1. The molecule has 12 nitrogen and oxygen atoms in total. The number of thiazole rings is 1. The number of rotatable bonds is 16. The van der Waals surface area contributed by atoms with E-state index in [2.05, 4.69) is 15.8 Å². The number of hydrogen-bond donors (Lipinski definition) is 3. The van der Waals surface area contributed by atoms with Crippen molar-refractivity contribution < 1.29 is 33.9 Å². The first kappa shape index (κ1) is 42.0. The molecule has 1 fully saturated rings. The van der Waals surface area contributed by atoms with Gasteiger partial charge in [-0.05, 0) is 33.4 Å². The van der Waals surface area contributed by atoms with Crippen molar-refractivity contribution >= 4 is 69.3 Å². The van der Waals surface area contributed by atoms with E-state index < -0.39 is 53.4 Å². The summed E-state index contributed by atoms with van der Waals surface area (Å²) in [5.74, 6) is -3.28. The van der Waals surface area contributed by atoms with E-state index in [1.165, 1.54) is 23.1 Å². The van der Waals surface area contributed by atoms with Gasteiger partial charge in [0.25, 0.3) is 11.8 Å². The number of aromatic nitrogens is 1. The Bertz CT molecular complexity index is 2480. The Labute approximate surface area is 370 Å². The number of anilines is 1. The number of amides is 2. The SMILES string of the molecule is O=C(CON=C(C(=O)NC1C(=O)N2C(C(=O)O)=C(CCl)CS[C@@H]12)c1csc(NC(c2ccccc2)(c2ccccc2)c2ccccc2)n1)OC(c1ccccc1)c1ccccc1. The lowest BCUT2D eigenvalue weighted by Gasteiger charge is -2.49. The van der Waals surface area contributed by atoms with Crippen LogP contribution < -0.4 is 10.6 Å². The molecule has 0 saturated carbocycles. The molecule has 1 unspecified atom stereocenters. The summed E-state index contributed by atoms with van der Waals surface area (Å²) in [6, 6.07) is 47.2. The van der Waals surface area contributed by atoms with Crippen molar-refractivity contribution in [2.24, 2.45) is 5.16 Å². The van der Waals surface area contributed by atoms with Gasteiger partial charge in [0.15, 0.2) is 16.9 Å². The zero-order valence-corrected chi connectivity index (χ0v) is 35.2. The van der Waals surface area contributed by atoms with Gasteiger partial charge in [0, 0.05) is 17.0 Å². The third-order valence-corrected chi connectivity index (χ3v) is 12.8. The number of nitrogens with zero attached hydrogens (tertiary/aromatic N) is 3. The number of halogens is 1. The van der Waals surface area contributed by atoms with Crippen molar-refractivity contribution in [3.05, 3.63) is 202 Å². The Kier molecular flexibility index (Phi) is 12.8. The van der Waals surface area contributed by atoms with E-state index in [-0.39, 0.29) is 28.7 Å². The van der Waals surface area contributed by atoms with Crippen LogP contribution in [0, 0.1) is 0 Å². The quantitative estimate of drug-likeness (QED) is 0.0221. The summed E-state index contributed by atoms with van der Waals surface area (Å²) < 4.78 is 5.90. The highest BCUT2D eigenvalue weighted by molar-refractivity contribution is 8.00. The minimum atomic E-state index is -1.28. The summed E-state index contributed by atoms with van der Waals surface area (Å²) in [6.07, 6.45) is -0.740. The number of carbonyl (C=O) groups excluding carboxylic acids is 3. The fourth-order valence-corrected chi connectivity index (χ4v) is 9.91. The van der Waals surface area contributed by atoms with Crippen LogP contribution in [0.3, 0.4) is 0 Å². The monoisotopic (exact) mass is 883 g/mol. The zero-order chi connectivity index (χ0) is 43.1. The number of carbonyl (C=O) groups is 4. The molecule has 0 bridgehead atoms. The van der Waals surface area contributed by atoms with E-state index >= 15 is 0 Å². The van der Waals surface area contributed by atoms with Gasteiger partial charge in [0.05, 0.1) is 0 Å². The van der Waals surface area contributed by atoms with Crippen molar-refractivity contribution in [2.45, 2.75) is 23.1 Å². The average Bonchev–Trinajstić information content (AvgIpc) is 3.79. The first-order chi connectivity index (χ1) is 30.3. The molecule has 3 heterocycles. The molecule has 15 heteroatoms. The molecule has 1 saturated heterocycles. The van der Waals surface area contributed by atoms with Gasteiger partial charge >= 0.3 is 11.9 Å². The minimum Gasteiger partial charge on any atom is -0.477 e. The van der Waals surface area contributed by atoms with Crippen molar-refractivity contribution in [1.82, 2.24) is 15.2 Å².